The van der Waals surface area contributed by atoms with Crippen molar-refractivity contribution in [3.05, 3.63) is 24.3 Å². The van der Waals surface area contributed by atoms with E-state index >= 15 is 0 Å². The van der Waals surface area contributed by atoms with Gasteiger partial charge in [-0.2, -0.15) is 0 Å². The van der Waals surface area contributed by atoms with Gasteiger partial charge in [-0.25, -0.2) is 0 Å². The Morgan fingerprint density at radius 3 is 2.18 bits per heavy atom. The molecule has 2 N–H and O–H groups in total. The Bertz CT molecular complexity index is 472. The Hall–Kier alpha value is -2.24. The lowest BCUT2D eigenvalue weighted by molar-refractivity contribution is -0.127. The molecule has 1 aromatic rings. The van der Waals surface area contributed by atoms with Crippen LogP contribution < -0.4 is 20.1 Å². The van der Waals surface area contributed by atoms with E-state index in [1.54, 1.807) is 24.3 Å². The average molecular weight is 308 g/mol. The lowest BCUT2D eigenvalue weighted by Gasteiger charge is -2.10. The molecule has 0 fully saturated rings. The van der Waals surface area contributed by atoms with Crippen LogP contribution in [0.15, 0.2) is 24.3 Å². The van der Waals surface area contributed by atoms with Gasteiger partial charge < -0.3 is 20.1 Å². The fourth-order valence-corrected chi connectivity index (χ4v) is 1.60. The van der Waals surface area contributed by atoms with Crippen molar-refractivity contribution in [3.8, 4) is 11.5 Å². The number of carbonyl (C=O) groups is 2. The highest BCUT2D eigenvalue weighted by Crippen LogP contribution is 2.17. The third-order valence-corrected chi connectivity index (χ3v) is 2.56. The van der Waals surface area contributed by atoms with Crippen molar-refractivity contribution in [3.63, 3.8) is 0 Å². The fourth-order valence-electron chi connectivity index (χ4n) is 1.60. The van der Waals surface area contributed by atoms with Gasteiger partial charge in [-0.05, 0) is 44.5 Å². The highest BCUT2D eigenvalue weighted by molar-refractivity contribution is 5.85. The van der Waals surface area contributed by atoms with E-state index in [1.165, 1.54) is 0 Å². The number of hydrogen-bond acceptors (Lipinski definition) is 4. The van der Waals surface area contributed by atoms with E-state index in [0.29, 0.717) is 12.4 Å². The topological polar surface area (TPSA) is 76.7 Å². The third kappa shape index (κ3) is 7.52. The molecule has 0 unspecified atom stereocenters. The molecule has 0 saturated carbocycles. The molecule has 0 aliphatic heterocycles. The lowest BCUT2D eigenvalue weighted by atomic mass is 10.3. The van der Waals surface area contributed by atoms with Crippen LogP contribution in [0.4, 0.5) is 0 Å². The van der Waals surface area contributed by atoms with E-state index < -0.39 is 0 Å². The van der Waals surface area contributed by atoms with Crippen molar-refractivity contribution in [2.45, 2.75) is 33.2 Å². The Labute approximate surface area is 131 Å². The van der Waals surface area contributed by atoms with Gasteiger partial charge in [0.25, 0.3) is 5.91 Å². The first kappa shape index (κ1) is 17.8. The van der Waals surface area contributed by atoms with Gasteiger partial charge in [0.2, 0.25) is 5.91 Å². The summed E-state index contributed by atoms with van der Waals surface area (Å²) in [6, 6.07) is 7.11. The highest BCUT2D eigenvalue weighted by Gasteiger charge is 2.07. The quantitative estimate of drug-likeness (QED) is 0.725. The second-order valence-electron chi connectivity index (χ2n) is 5.11. The maximum atomic E-state index is 11.6. The van der Waals surface area contributed by atoms with Crippen LogP contribution in [0.2, 0.25) is 0 Å². The summed E-state index contributed by atoms with van der Waals surface area (Å²) in [5, 5.41) is 5.18. The van der Waals surface area contributed by atoms with E-state index in [0.717, 1.165) is 12.2 Å². The van der Waals surface area contributed by atoms with Crippen LogP contribution >= 0.6 is 0 Å². The van der Waals surface area contributed by atoms with Crippen molar-refractivity contribution in [2.24, 2.45) is 0 Å². The molecule has 22 heavy (non-hydrogen) atoms. The summed E-state index contributed by atoms with van der Waals surface area (Å²) in [5.41, 5.74) is 0. The molecule has 0 spiro atoms. The number of rotatable bonds is 9. The monoisotopic (exact) mass is 308 g/mol. The Kier molecular flexibility index (Phi) is 7.81. The van der Waals surface area contributed by atoms with Gasteiger partial charge in [0.15, 0.2) is 6.61 Å². The van der Waals surface area contributed by atoms with E-state index in [-0.39, 0.29) is 31.0 Å². The van der Waals surface area contributed by atoms with Gasteiger partial charge in [-0.15, -0.1) is 0 Å². The van der Waals surface area contributed by atoms with Gasteiger partial charge in [-0.3, -0.25) is 9.59 Å². The predicted molar refractivity (Wildman–Crippen MR) is 84.0 cm³/mol. The Morgan fingerprint density at radius 2 is 1.64 bits per heavy atom. The summed E-state index contributed by atoms with van der Waals surface area (Å²) in [5.74, 6) is 0.778. The molecule has 1 aromatic carbocycles. The molecule has 6 nitrogen and oxygen atoms in total. The fraction of sp³-hybridized carbons (Fsp3) is 0.500. The van der Waals surface area contributed by atoms with Crippen LogP contribution in [0.3, 0.4) is 0 Å². The minimum atomic E-state index is -0.342. The van der Waals surface area contributed by atoms with Crippen LogP contribution in [-0.2, 0) is 9.59 Å². The summed E-state index contributed by atoms with van der Waals surface area (Å²) < 4.78 is 10.8. The zero-order valence-corrected chi connectivity index (χ0v) is 13.3. The SMILES string of the molecule is CCCOc1ccc(OCC(=O)NCC(=O)NC(C)C)cc1. The molecule has 0 bridgehead atoms. The number of hydrogen-bond donors (Lipinski definition) is 2. The predicted octanol–water partition coefficient (Wildman–Crippen LogP) is 1.49. The number of benzene rings is 1. The molecule has 122 valence electrons. The normalized spacial score (nSPS) is 10.2. The van der Waals surface area contributed by atoms with Crippen LogP contribution in [0, 0.1) is 0 Å². The van der Waals surface area contributed by atoms with Gasteiger partial charge in [-0.1, -0.05) is 6.92 Å². The van der Waals surface area contributed by atoms with Crippen LogP contribution in [0.1, 0.15) is 27.2 Å². The first-order valence-corrected chi connectivity index (χ1v) is 7.43. The van der Waals surface area contributed by atoms with Gasteiger partial charge >= 0.3 is 0 Å². The maximum absolute atomic E-state index is 11.6. The molecule has 2 amide bonds. The number of ether oxygens (including phenoxy) is 2. The number of carbonyl (C=O) groups excluding carboxylic acids is 2. The van der Waals surface area contributed by atoms with E-state index in [9.17, 15) is 9.59 Å². The third-order valence-electron chi connectivity index (χ3n) is 2.56. The zero-order chi connectivity index (χ0) is 16.4. The van der Waals surface area contributed by atoms with Crippen molar-refractivity contribution < 1.29 is 19.1 Å². The summed E-state index contributed by atoms with van der Waals surface area (Å²) >= 11 is 0. The minimum Gasteiger partial charge on any atom is -0.494 e. The summed E-state index contributed by atoms with van der Waals surface area (Å²) in [6.45, 7) is 6.24. The molecule has 0 aliphatic carbocycles. The van der Waals surface area contributed by atoms with E-state index in [1.807, 2.05) is 20.8 Å². The first-order valence-electron chi connectivity index (χ1n) is 7.43. The number of nitrogens with one attached hydrogen (secondary N) is 2. The van der Waals surface area contributed by atoms with Crippen molar-refractivity contribution in [1.29, 1.82) is 0 Å². The molecule has 0 aliphatic rings. The van der Waals surface area contributed by atoms with Crippen molar-refractivity contribution >= 4 is 11.8 Å². The summed E-state index contributed by atoms with van der Waals surface area (Å²) in [6.07, 6.45) is 0.947. The van der Waals surface area contributed by atoms with Crippen LogP contribution in [0.5, 0.6) is 11.5 Å². The molecule has 0 atom stereocenters. The molecule has 0 heterocycles. The Balaban J connectivity index is 2.27. The second-order valence-corrected chi connectivity index (χ2v) is 5.11. The minimum absolute atomic E-state index is 0.0501. The van der Waals surface area contributed by atoms with E-state index in [2.05, 4.69) is 10.6 Å². The van der Waals surface area contributed by atoms with Crippen LogP contribution in [-0.4, -0.2) is 37.6 Å². The maximum Gasteiger partial charge on any atom is 0.258 e. The standard InChI is InChI=1S/C16H24N2O4/c1-4-9-21-13-5-7-14(8-6-13)22-11-16(20)17-10-15(19)18-12(2)3/h5-8,12H,4,9-11H2,1-3H3,(H,17,20)(H,18,19). The molecule has 0 aromatic heterocycles. The van der Waals surface area contributed by atoms with Gasteiger partial charge in [0, 0.05) is 6.04 Å². The average Bonchev–Trinajstić information content (AvgIpc) is 2.49. The van der Waals surface area contributed by atoms with Crippen LogP contribution in [0.25, 0.3) is 0 Å². The van der Waals surface area contributed by atoms with Crippen molar-refractivity contribution in [1.82, 2.24) is 10.6 Å². The molecular formula is C16H24N2O4. The molecule has 0 radical (unpaired) electrons. The van der Waals surface area contributed by atoms with E-state index in [4.69, 9.17) is 9.47 Å². The largest absolute Gasteiger partial charge is 0.494 e. The molecule has 1 rings (SSSR count). The van der Waals surface area contributed by atoms with Gasteiger partial charge in [0.1, 0.15) is 11.5 Å². The second kappa shape index (κ2) is 9.65. The first-order chi connectivity index (χ1) is 10.5. The summed E-state index contributed by atoms with van der Waals surface area (Å²) in [4.78, 5) is 22.9. The molecule has 0 saturated heterocycles. The smallest absolute Gasteiger partial charge is 0.258 e. The van der Waals surface area contributed by atoms with Gasteiger partial charge in [0.05, 0.1) is 13.2 Å². The molecular weight excluding hydrogens is 284 g/mol. The zero-order valence-electron chi connectivity index (χ0n) is 13.3. The summed E-state index contributed by atoms with van der Waals surface area (Å²) in [7, 11) is 0. The Morgan fingerprint density at radius 1 is 1.05 bits per heavy atom. The lowest BCUT2D eigenvalue weighted by Crippen LogP contribution is -2.41. The van der Waals surface area contributed by atoms with Crippen molar-refractivity contribution in [2.75, 3.05) is 19.8 Å². The highest BCUT2D eigenvalue weighted by atomic mass is 16.5. The molecule has 6 heteroatoms. The number of amides is 2.